The summed E-state index contributed by atoms with van der Waals surface area (Å²) in [5.41, 5.74) is 0.355. The fraction of sp³-hybridized carbons (Fsp3) is 0.286. The molecule has 1 amide bonds. The Morgan fingerprint density at radius 3 is 2.38 bits per heavy atom. The van der Waals surface area contributed by atoms with E-state index in [2.05, 4.69) is 29.4 Å². The number of para-hydroxylation sites is 1. The summed E-state index contributed by atoms with van der Waals surface area (Å²) in [6.07, 6.45) is 1.06. The zero-order chi connectivity index (χ0) is 23.1. The van der Waals surface area contributed by atoms with Crippen LogP contribution in [0, 0.1) is 5.92 Å². The van der Waals surface area contributed by atoms with E-state index in [1.807, 2.05) is 30.3 Å². The first kappa shape index (κ1) is 24.0. The summed E-state index contributed by atoms with van der Waals surface area (Å²) in [5, 5.41) is 11.0. The molecule has 3 aromatic rings. The number of hydrogen-bond acceptors (Lipinski definition) is 8. The van der Waals surface area contributed by atoms with Gasteiger partial charge in [-0.05, 0) is 42.3 Å². The first-order valence-corrected chi connectivity index (χ1v) is 13.4. The number of hydrogen-bond donors (Lipinski definition) is 1. The SMILES string of the molecule is CC(C)CSc1nnc(NC(=O)CN(c2ccc(Oc3ccccc3)cc2)S(C)(=O)=O)s1. The number of carbonyl (C=O) groups is 1. The molecule has 0 aliphatic carbocycles. The summed E-state index contributed by atoms with van der Waals surface area (Å²) in [4.78, 5) is 12.5. The van der Waals surface area contributed by atoms with Crippen molar-refractivity contribution in [2.45, 2.75) is 18.2 Å². The maximum Gasteiger partial charge on any atom is 0.246 e. The van der Waals surface area contributed by atoms with E-state index in [0.29, 0.717) is 28.2 Å². The van der Waals surface area contributed by atoms with E-state index in [1.54, 1.807) is 36.0 Å². The number of amides is 1. The van der Waals surface area contributed by atoms with Crippen LogP contribution in [0.25, 0.3) is 0 Å². The molecule has 8 nitrogen and oxygen atoms in total. The van der Waals surface area contributed by atoms with Gasteiger partial charge in [-0.3, -0.25) is 14.4 Å². The average molecular weight is 493 g/mol. The molecule has 0 aliphatic rings. The van der Waals surface area contributed by atoms with E-state index in [-0.39, 0.29) is 6.54 Å². The van der Waals surface area contributed by atoms with E-state index in [4.69, 9.17) is 4.74 Å². The Morgan fingerprint density at radius 1 is 1.09 bits per heavy atom. The van der Waals surface area contributed by atoms with Crippen molar-refractivity contribution in [1.29, 1.82) is 0 Å². The number of aromatic nitrogens is 2. The van der Waals surface area contributed by atoms with Crippen LogP contribution in [-0.4, -0.2) is 43.1 Å². The van der Waals surface area contributed by atoms with Crippen LogP contribution in [0.1, 0.15) is 13.8 Å². The van der Waals surface area contributed by atoms with Crippen molar-refractivity contribution >= 4 is 49.8 Å². The fourth-order valence-electron chi connectivity index (χ4n) is 2.55. The Labute approximate surface area is 196 Å². The smallest absolute Gasteiger partial charge is 0.246 e. The van der Waals surface area contributed by atoms with Crippen molar-refractivity contribution < 1.29 is 17.9 Å². The van der Waals surface area contributed by atoms with E-state index >= 15 is 0 Å². The second kappa shape index (κ2) is 10.8. The average Bonchev–Trinajstić information content (AvgIpc) is 3.18. The quantitative estimate of drug-likeness (QED) is 0.329. The van der Waals surface area contributed by atoms with Gasteiger partial charge in [0.1, 0.15) is 18.0 Å². The van der Waals surface area contributed by atoms with Crippen LogP contribution in [0.15, 0.2) is 58.9 Å². The van der Waals surface area contributed by atoms with E-state index < -0.39 is 15.9 Å². The molecule has 0 saturated heterocycles. The Hall–Kier alpha value is -2.63. The number of carbonyl (C=O) groups excluding carboxylic acids is 1. The van der Waals surface area contributed by atoms with Gasteiger partial charge in [-0.25, -0.2) is 8.42 Å². The van der Waals surface area contributed by atoms with Crippen LogP contribution < -0.4 is 14.4 Å². The lowest BCUT2D eigenvalue weighted by Gasteiger charge is -2.21. The highest BCUT2D eigenvalue weighted by Crippen LogP contribution is 2.28. The summed E-state index contributed by atoms with van der Waals surface area (Å²) in [7, 11) is -3.70. The number of sulfonamides is 1. The summed E-state index contributed by atoms with van der Waals surface area (Å²) in [5.74, 6) is 2.13. The number of rotatable bonds is 10. The molecule has 0 saturated carbocycles. The highest BCUT2D eigenvalue weighted by atomic mass is 32.2. The number of nitrogens with one attached hydrogen (secondary N) is 1. The first-order chi connectivity index (χ1) is 15.2. The van der Waals surface area contributed by atoms with Gasteiger partial charge in [-0.15, -0.1) is 10.2 Å². The van der Waals surface area contributed by atoms with Crippen LogP contribution >= 0.6 is 23.1 Å². The molecule has 0 spiro atoms. The summed E-state index contributed by atoms with van der Waals surface area (Å²) in [6, 6.07) is 15.7. The summed E-state index contributed by atoms with van der Waals surface area (Å²) >= 11 is 2.83. The third-order valence-corrected chi connectivity index (χ3v) is 7.52. The Bertz CT molecular complexity index is 1130. The van der Waals surface area contributed by atoms with Gasteiger partial charge in [0, 0.05) is 5.75 Å². The van der Waals surface area contributed by atoms with Crippen LogP contribution in [-0.2, 0) is 14.8 Å². The molecule has 0 fully saturated rings. The molecule has 1 aromatic heterocycles. The molecule has 0 bridgehead atoms. The van der Waals surface area contributed by atoms with E-state index in [1.165, 1.54) is 11.3 Å². The zero-order valence-electron chi connectivity index (χ0n) is 17.9. The zero-order valence-corrected chi connectivity index (χ0v) is 20.3. The van der Waals surface area contributed by atoms with Gasteiger partial charge in [0.2, 0.25) is 21.1 Å². The Kier molecular flexibility index (Phi) is 8.10. The Balaban J connectivity index is 1.66. The number of nitrogens with zero attached hydrogens (tertiary/aromatic N) is 3. The first-order valence-electron chi connectivity index (χ1n) is 9.77. The lowest BCUT2D eigenvalue weighted by atomic mass is 10.3. The Morgan fingerprint density at radius 2 is 1.75 bits per heavy atom. The second-order valence-electron chi connectivity index (χ2n) is 7.30. The number of thioether (sulfide) groups is 1. The highest BCUT2D eigenvalue weighted by Gasteiger charge is 2.22. The van der Waals surface area contributed by atoms with Crippen LogP contribution in [0.5, 0.6) is 11.5 Å². The predicted octanol–water partition coefficient (Wildman–Crippen LogP) is 4.48. The van der Waals surface area contributed by atoms with Crippen LogP contribution in [0.2, 0.25) is 0 Å². The van der Waals surface area contributed by atoms with Crippen molar-refractivity contribution in [3.63, 3.8) is 0 Å². The summed E-state index contributed by atoms with van der Waals surface area (Å²) < 4.78 is 32.2. The maximum atomic E-state index is 12.5. The summed E-state index contributed by atoms with van der Waals surface area (Å²) in [6.45, 7) is 3.83. The van der Waals surface area contributed by atoms with Gasteiger partial charge in [0.05, 0.1) is 11.9 Å². The molecule has 1 heterocycles. The number of ether oxygens (including phenoxy) is 1. The minimum absolute atomic E-state index is 0.335. The number of anilines is 2. The standard InChI is InChI=1S/C21H24N4O4S3/c1-15(2)14-30-21-24-23-20(31-21)22-19(26)13-25(32(3,27)28)16-9-11-18(12-10-16)29-17-7-5-4-6-8-17/h4-12,15H,13-14H2,1-3H3,(H,22,23,26). The van der Waals surface area contributed by atoms with Gasteiger partial charge in [0.25, 0.3) is 0 Å². The van der Waals surface area contributed by atoms with Crippen molar-refractivity contribution in [2.24, 2.45) is 5.92 Å². The lowest BCUT2D eigenvalue weighted by Crippen LogP contribution is -2.37. The molecule has 0 atom stereocenters. The van der Waals surface area contributed by atoms with Crippen molar-refractivity contribution in [2.75, 3.05) is 28.2 Å². The minimum Gasteiger partial charge on any atom is -0.457 e. The molecule has 1 N–H and O–H groups in total. The third kappa shape index (κ3) is 7.21. The molecule has 2 aromatic carbocycles. The minimum atomic E-state index is -3.70. The molecular formula is C21H24N4O4S3. The van der Waals surface area contributed by atoms with Gasteiger partial charge in [0.15, 0.2) is 4.34 Å². The van der Waals surface area contributed by atoms with E-state index in [9.17, 15) is 13.2 Å². The number of benzene rings is 2. The van der Waals surface area contributed by atoms with Crippen molar-refractivity contribution in [3.8, 4) is 11.5 Å². The van der Waals surface area contributed by atoms with E-state index in [0.717, 1.165) is 20.7 Å². The highest BCUT2D eigenvalue weighted by molar-refractivity contribution is 8.01. The topological polar surface area (TPSA) is 101 Å². The van der Waals surface area contributed by atoms with Crippen molar-refractivity contribution in [1.82, 2.24) is 10.2 Å². The third-order valence-electron chi connectivity index (χ3n) is 3.98. The lowest BCUT2D eigenvalue weighted by molar-refractivity contribution is -0.114. The molecule has 170 valence electrons. The van der Waals surface area contributed by atoms with Gasteiger partial charge >= 0.3 is 0 Å². The molecule has 3 rings (SSSR count). The van der Waals surface area contributed by atoms with Crippen molar-refractivity contribution in [3.05, 3.63) is 54.6 Å². The fourth-order valence-corrected chi connectivity index (χ4v) is 5.15. The normalized spacial score (nSPS) is 11.4. The molecule has 11 heteroatoms. The molecular weight excluding hydrogens is 468 g/mol. The monoisotopic (exact) mass is 492 g/mol. The molecule has 0 aliphatic heterocycles. The van der Waals surface area contributed by atoms with Gasteiger partial charge in [-0.1, -0.05) is 55.1 Å². The molecule has 32 heavy (non-hydrogen) atoms. The largest absolute Gasteiger partial charge is 0.457 e. The van der Waals surface area contributed by atoms with Gasteiger partial charge < -0.3 is 4.74 Å². The second-order valence-corrected chi connectivity index (χ2v) is 11.5. The predicted molar refractivity (Wildman–Crippen MR) is 129 cm³/mol. The molecule has 0 radical (unpaired) electrons. The van der Waals surface area contributed by atoms with Gasteiger partial charge in [-0.2, -0.15) is 0 Å². The van der Waals surface area contributed by atoms with Crippen LogP contribution in [0.4, 0.5) is 10.8 Å². The molecule has 0 unspecified atom stereocenters. The maximum absolute atomic E-state index is 12.5. The van der Waals surface area contributed by atoms with Crippen LogP contribution in [0.3, 0.4) is 0 Å².